The molecule has 0 unspecified atom stereocenters. The number of nitrogens with one attached hydrogen (secondary N) is 1. The summed E-state index contributed by atoms with van der Waals surface area (Å²) in [6, 6.07) is 12.9. The quantitative estimate of drug-likeness (QED) is 0.776. The van der Waals surface area contributed by atoms with E-state index in [0.717, 1.165) is 30.0 Å². The molecule has 4 rings (SSSR count). The molecular formula is C18H14FN3O2. The van der Waals surface area contributed by atoms with E-state index in [-0.39, 0.29) is 11.4 Å². The number of nitrogens with zero attached hydrogens (tertiary/aromatic N) is 2. The fourth-order valence-corrected chi connectivity index (χ4v) is 3.00. The summed E-state index contributed by atoms with van der Waals surface area (Å²) in [5, 5.41) is 17.1. The SMILES string of the molecule is O=C(O)c1cccc(-n2nc(-c3cccc(F)c3)c3c2NCC3)c1. The first-order valence-corrected chi connectivity index (χ1v) is 7.59. The largest absolute Gasteiger partial charge is 0.478 e. The Morgan fingerprint density at radius 2 is 2.04 bits per heavy atom. The van der Waals surface area contributed by atoms with Crippen molar-refractivity contribution in [2.24, 2.45) is 0 Å². The van der Waals surface area contributed by atoms with Crippen LogP contribution in [0.2, 0.25) is 0 Å². The molecule has 0 saturated heterocycles. The average Bonchev–Trinajstić information content (AvgIpc) is 3.17. The first-order chi connectivity index (χ1) is 11.6. The molecule has 0 spiro atoms. The molecule has 24 heavy (non-hydrogen) atoms. The maximum Gasteiger partial charge on any atom is 0.335 e. The lowest BCUT2D eigenvalue weighted by molar-refractivity contribution is 0.0697. The highest BCUT2D eigenvalue weighted by molar-refractivity contribution is 5.88. The van der Waals surface area contributed by atoms with Crippen molar-refractivity contribution in [2.75, 3.05) is 11.9 Å². The molecule has 0 bridgehead atoms. The summed E-state index contributed by atoms with van der Waals surface area (Å²) >= 11 is 0. The second-order valence-electron chi connectivity index (χ2n) is 5.63. The lowest BCUT2D eigenvalue weighted by Crippen LogP contribution is -2.05. The van der Waals surface area contributed by atoms with Crippen molar-refractivity contribution < 1.29 is 14.3 Å². The van der Waals surface area contributed by atoms with Crippen LogP contribution in [0.4, 0.5) is 10.2 Å². The zero-order valence-corrected chi connectivity index (χ0v) is 12.7. The Labute approximate surface area is 137 Å². The van der Waals surface area contributed by atoms with E-state index in [4.69, 9.17) is 0 Å². The fourth-order valence-electron chi connectivity index (χ4n) is 3.00. The molecule has 3 aromatic rings. The van der Waals surface area contributed by atoms with E-state index in [1.54, 1.807) is 28.9 Å². The molecule has 120 valence electrons. The molecule has 1 aliphatic heterocycles. The molecule has 2 N–H and O–H groups in total. The molecule has 2 heterocycles. The average molecular weight is 323 g/mol. The van der Waals surface area contributed by atoms with Crippen molar-refractivity contribution >= 4 is 11.8 Å². The Morgan fingerprint density at radius 3 is 2.83 bits per heavy atom. The third-order valence-corrected chi connectivity index (χ3v) is 4.09. The number of aromatic carboxylic acids is 1. The Morgan fingerprint density at radius 1 is 1.21 bits per heavy atom. The zero-order valence-electron chi connectivity index (χ0n) is 12.7. The summed E-state index contributed by atoms with van der Waals surface area (Å²) in [4.78, 5) is 11.2. The predicted octanol–water partition coefficient (Wildman–Crippen LogP) is 3.34. The molecule has 6 heteroatoms. The number of aromatic nitrogens is 2. The summed E-state index contributed by atoms with van der Waals surface area (Å²) in [5.41, 5.74) is 3.30. The van der Waals surface area contributed by atoms with Crippen LogP contribution in [0.25, 0.3) is 16.9 Å². The van der Waals surface area contributed by atoms with Crippen LogP contribution < -0.4 is 5.32 Å². The summed E-state index contributed by atoms with van der Waals surface area (Å²) in [6.45, 7) is 0.772. The van der Waals surface area contributed by atoms with Gasteiger partial charge in [-0.2, -0.15) is 5.10 Å². The Kier molecular flexibility index (Phi) is 3.30. The van der Waals surface area contributed by atoms with Gasteiger partial charge in [0.15, 0.2) is 0 Å². The van der Waals surface area contributed by atoms with Gasteiger partial charge in [0.1, 0.15) is 11.6 Å². The summed E-state index contributed by atoms with van der Waals surface area (Å²) < 4.78 is 15.3. The number of halogens is 1. The number of carboxylic acids is 1. The highest BCUT2D eigenvalue weighted by Crippen LogP contribution is 2.34. The highest BCUT2D eigenvalue weighted by atomic mass is 19.1. The first-order valence-electron chi connectivity index (χ1n) is 7.59. The Hall–Kier alpha value is -3.15. The molecule has 0 aliphatic carbocycles. The maximum atomic E-state index is 13.6. The summed E-state index contributed by atoms with van der Waals surface area (Å²) in [6.07, 6.45) is 0.791. The number of rotatable bonds is 3. The van der Waals surface area contributed by atoms with E-state index >= 15 is 0 Å². The second kappa shape index (κ2) is 5.49. The second-order valence-corrected chi connectivity index (χ2v) is 5.63. The summed E-state index contributed by atoms with van der Waals surface area (Å²) in [7, 11) is 0. The molecule has 0 amide bonds. The van der Waals surface area contributed by atoms with E-state index in [2.05, 4.69) is 10.4 Å². The van der Waals surface area contributed by atoms with Crippen molar-refractivity contribution in [3.63, 3.8) is 0 Å². The predicted molar refractivity (Wildman–Crippen MR) is 88.1 cm³/mol. The van der Waals surface area contributed by atoms with Gasteiger partial charge in [-0.15, -0.1) is 0 Å². The van der Waals surface area contributed by atoms with Crippen molar-refractivity contribution in [2.45, 2.75) is 6.42 Å². The van der Waals surface area contributed by atoms with E-state index in [0.29, 0.717) is 11.3 Å². The Bertz CT molecular complexity index is 949. The number of carboxylic acid groups (broad SMARTS) is 1. The monoisotopic (exact) mass is 323 g/mol. The molecule has 2 aromatic carbocycles. The smallest absolute Gasteiger partial charge is 0.335 e. The lowest BCUT2D eigenvalue weighted by Gasteiger charge is -2.07. The van der Waals surface area contributed by atoms with Crippen LogP contribution in [0.1, 0.15) is 15.9 Å². The zero-order chi connectivity index (χ0) is 16.7. The van der Waals surface area contributed by atoms with E-state index in [1.165, 1.54) is 18.2 Å². The van der Waals surface area contributed by atoms with Crippen molar-refractivity contribution in [3.05, 3.63) is 65.5 Å². The van der Waals surface area contributed by atoms with E-state index in [1.807, 2.05) is 6.07 Å². The third-order valence-electron chi connectivity index (χ3n) is 4.09. The van der Waals surface area contributed by atoms with Gasteiger partial charge in [0.2, 0.25) is 0 Å². The van der Waals surface area contributed by atoms with Crippen LogP contribution in [0.5, 0.6) is 0 Å². The molecule has 0 atom stereocenters. The van der Waals surface area contributed by atoms with Crippen LogP contribution in [0.15, 0.2) is 48.5 Å². The van der Waals surface area contributed by atoms with E-state index < -0.39 is 5.97 Å². The van der Waals surface area contributed by atoms with Crippen LogP contribution in [0.3, 0.4) is 0 Å². The van der Waals surface area contributed by atoms with Crippen LogP contribution in [-0.2, 0) is 6.42 Å². The van der Waals surface area contributed by atoms with Crippen LogP contribution >= 0.6 is 0 Å². The molecular weight excluding hydrogens is 309 g/mol. The van der Waals surface area contributed by atoms with Crippen molar-refractivity contribution in [3.8, 4) is 16.9 Å². The highest BCUT2D eigenvalue weighted by Gasteiger charge is 2.24. The first kappa shape index (κ1) is 14.4. The Balaban J connectivity index is 1.88. The van der Waals surface area contributed by atoms with E-state index in [9.17, 15) is 14.3 Å². The van der Waals surface area contributed by atoms with Crippen molar-refractivity contribution in [1.82, 2.24) is 9.78 Å². The van der Waals surface area contributed by atoms with Gasteiger partial charge in [0.05, 0.1) is 16.9 Å². The minimum atomic E-state index is -0.987. The standard InChI is InChI=1S/C18H14FN3O2/c19-13-5-1-3-11(9-13)16-15-7-8-20-17(15)22(21-16)14-6-2-4-12(10-14)18(23)24/h1-6,9-10,20H,7-8H2,(H,23,24). The third kappa shape index (κ3) is 2.32. The van der Waals surface area contributed by atoms with Gasteiger partial charge in [0.25, 0.3) is 0 Å². The van der Waals surface area contributed by atoms with Crippen LogP contribution in [-0.4, -0.2) is 27.4 Å². The topological polar surface area (TPSA) is 67.1 Å². The number of anilines is 1. The molecule has 0 saturated carbocycles. The maximum absolute atomic E-state index is 13.6. The molecule has 0 fully saturated rings. The van der Waals surface area contributed by atoms with Gasteiger partial charge in [-0.25, -0.2) is 13.9 Å². The molecule has 1 aromatic heterocycles. The van der Waals surface area contributed by atoms with Gasteiger partial charge < -0.3 is 10.4 Å². The number of hydrogen-bond acceptors (Lipinski definition) is 3. The lowest BCUT2D eigenvalue weighted by atomic mass is 10.1. The number of fused-ring (bicyclic) bond motifs is 1. The number of hydrogen-bond donors (Lipinski definition) is 2. The van der Waals surface area contributed by atoms with Gasteiger partial charge in [-0.1, -0.05) is 18.2 Å². The molecule has 1 aliphatic rings. The minimum absolute atomic E-state index is 0.196. The van der Waals surface area contributed by atoms with Gasteiger partial charge in [-0.05, 0) is 36.8 Å². The van der Waals surface area contributed by atoms with Gasteiger partial charge in [0, 0.05) is 17.7 Å². The van der Waals surface area contributed by atoms with Crippen LogP contribution in [0, 0.1) is 5.82 Å². The summed E-state index contributed by atoms with van der Waals surface area (Å²) in [5.74, 6) is -0.467. The normalized spacial score (nSPS) is 12.7. The van der Waals surface area contributed by atoms with Gasteiger partial charge in [-0.3, -0.25) is 0 Å². The van der Waals surface area contributed by atoms with Gasteiger partial charge >= 0.3 is 5.97 Å². The minimum Gasteiger partial charge on any atom is -0.478 e. The number of benzene rings is 2. The number of carbonyl (C=O) groups is 1. The fraction of sp³-hybridized carbons (Fsp3) is 0.111. The van der Waals surface area contributed by atoms with Crippen molar-refractivity contribution in [1.29, 1.82) is 0 Å². The molecule has 0 radical (unpaired) electrons. The molecule has 5 nitrogen and oxygen atoms in total.